The largest absolute Gasteiger partial charge is 0.370 e. The van der Waals surface area contributed by atoms with Gasteiger partial charge >= 0.3 is 0 Å². The summed E-state index contributed by atoms with van der Waals surface area (Å²) in [5.74, 6) is 0.582. The molecule has 0 bridgehead atoms. The SMILES string of the molecule is CNCC1=CC2C=CC=CC2N1C. The highest BCUT2D eigenvalue weighted by Crippen LogP contribution is 2.29. The fourth-order valence-corrected chi connectivity index (χ4v) is 2.05. The molecular formula is C11H16N2. The Bertz CT molecular complexity index is 276. The van der Waals surface area contributed by atoms with Crippen molar-refractivity contribution < 1.29 is 0 Å². The molecule has 13 heavy (non-hydrogen) atoms. The van der Waals surface area contributed by atoms with Crippen LogP contribution in [0.2, 0.25) is 0 Å². The average Bonchev–Trinajstić information content (AvgIpc) is 2.46. The van der Waals surface area contributed by atoms with Crippen LogP contribution in [0.5, 0.6) is 0 Å². The van der Waals surface area contributed by atoms with Crippen molar-refractivity contribution in [2.45, 2.75) is 6.04 Å². The standard InChI is InChI=1S/C11H16N2/c1-12-8-10-7-9-5-3-4-6-11(9)13(10)2/h3-7,9,11-12H,8H2,1-2H3. The van der Waals surface area contributed by atoms with E-state index in [0.29, 0.717) is 12.0 Å². The molecule has 0 aromatic carbocycles. The minimum atomic E-state index is 0.549. The van der Waals surface area contributed by atoms with Crippen LogP contribution in [0.25, 0.3) is 0 Å². The van der Waals surface area contributed by atoms with Gasteiger partial charge in [-0.25, -0.2) is 0 Å². The molecule has 2 atom stereocenters. The van der Waals surface area contributed by atoms with E-state index in [-0.39, 0.29) is 0 Å². The summed E-state index contributed by atoms with van der Waals surface area (Å²) < 4.78 is 0. The molecule has 2 rings (SSSR count). The first kappa shape index (κ1) is 8.57. The fourth-order valence-electron chi connectivity index (χ4n) is 2.05. The molecule has 0 aromatic rings. The highest BCUT2D eigenvalue weighted by atomic mass is 15.2. The number of hydrogen-bond acceptors (Lipinski definition) is 2. The number of allylic oxidation sites excluding steroid dienone is 2. The van der Waals surface area contributed by atoms with Crippen LogP contribution in [0.4, 0.5) is 0 Å². The van der Waals surface area contributed by atoms with E-state index in [4.69, 9.17) is 0 Å². The van der Waals surface area contributed by atoms with Gasteiger partial charge in [-0.05, 0) is 7.05 Å². The van der Waals surface area contributed by atoms with Crippen LogP contribution < -0.4 is 5.32 Å². The fraction of sp³-hybridized carbons (Fsp3) is 0.455. The third-order valence-electron chi connectivity index (χ3n) is 2.79. The van der Waals surface area contributed by atoms with Crippen molar-refractivity contribution in [1.29, 1.82) is 0 Å². The zero-order valence-corrected chi connectivity index (χ0v) is 8.20. The van der Waals surface area contributed by atoms with Gasteiger partial charge in [-0.1, -0.05) is 30.4 Å². The minimum Gasteiger partial charge on any atom is -0.370 e. The van der Waals surface area contributed by atoms with Crippen LogP contribution in [0.3, 0.4) is 0 Å². The van der Waals surface area contributed by atoms with E-state index in [1.807, 2.05) is 7.05 Å². The Morgan fingerprint density at radius 2 is 2.15 bits per heavy atom. The van der Waals surface area contributed by atoms with E-state index in [0.717, 1.165) is 6.54 Å². The number of nitrogens with one attached hydrogen (secondary N) is 1. The number of nitrogens with zero attached hydrogens (tertiary/aromatic N) is 1. The number of fused-ring (bicyclic) bond motifs is 1. The lowest BCUT2D eigenvalue weighted by Gasteiger charge is -2.26. The van der Waals surface area contributed by atoms with Gasteiger partial charge in [0.1, 0.15) is 0 Å². The van der Waals surface area contributed by atoms with Gasteiger partial charge in [-0.2, -0.15) is 0 Å². The van der Waals surface area contributed by atoms with Crippen LogP contribution in [0.15, 0.2) is 36.1 Å². The Morgan fingerprint density at radius 1 is 1.38 bits per heavy atom. The Morgan fingerprint density at radius 3 is 2.85 bits per heavy atom. The summed E-state index contributed by atoms with van der Waals surface area (Å²) in [4.78, 5) is 2.35. The first-order valence-electron chi connectivity index (χ1n) is 4.76. The average molecular weight is 176 g/mol. The second-order valence-electron chi connectivity index (χ2n) is 3.64. The molecule has 2 heteroatoms. The van der Waals surface area contributed by atoms with E-state index in [2.05, 4.69) is 47.6 Å². The van der Waals surface area contributed by atoms with Crippen molar-refractivity contribution >= 4 is 0 Å². The van der Waals surface area contributed by atoms with Crippen molar-refractivity contribution in [3.05, 3.63) is 36.1 Å². The smallest absolute Gasteiger partial charge is 0.0568 e. The van der Waals surface area contributed by atoms with Crippen LogP contribution in [0, 0.1) is 5.92 Å². The van der Waals surface area contributed by atoms with Crippen LogP contribution in [0.1, 0.15) is 0 Å². The number of rotatable bonds is 2. The van der Waals surface area contributed by atoms with Gasteiger partial charge in [0.25, 0.3) is 0 Å². The maximum atomic E-state index is 3.19. The predicted octanol–water partition coefficient (Wildman–Crippen LogP) is 1.15. The first-order valence-corrected chi connectivity index (χ1v) is 4.76. The molecule has 0 saturated heterocycles. The molecule has 2 unspecified atom stereocenters. The van der Waals surface area contributed by atoms with Crippen LogP contribution in [-0.4, -0.2) is 31.6 Å². The maximum absolute atomic E-state index is 3.19. The predicted molar refractivity (Wildman–Crippen MR) is 55.3 cm³/mol. The molecule has 1 N–H and O–H groups in total. The lowest BCUT2D eigenvalue weighted by molar-refractivity contribution is 0.349. The monoisotopic (exact) mass is 176 g/mol. The topological polar surface area (TPSA) is 15.3 Å². The molecule has 70 valence electrons. The van der Waals surface area contributed by atoms with Crippen LogP contribution in [-0.2, 0) is 0 Å². The van der Waals surface area contributed by atoms with E-state index in [9.17, 15) is 0 Å². The number of hydrogen-bond donors (Lipinski definition) is 1. The summed E-state index contributed by atoms with van der Waals surface area (Å²) in [5, 5.41) is 3.19. The molecule has 2 nitrogen and oxygen atoms in total. The van der Waals surface area contributed by atoms with Gasteiger partial charge in [-0.15, -0.1) is 0 Å². The lowest BCUT2D eigenvalue weighted by atomic mass is 9.97. The maximum Gasteiger partial charge on any atom is 0.0568 e. The molecule has 0 radical (unpaired) electrons. The molecule has 1 heterocycles. The highest BCUT2D eigenvalue weighted by Gasteiger charge is 2.28. The van der Waals surface area contributed by atoms with E-state index >= 15 is 0 Å². The second-order valence-corrected chi connectivity index (χ2v) is 3.64. The summed E-state index contributed by atoms with van der Waals surface area (Å²) >= 11 is 0. The van der Waals surface area contributed by atoms with Gasteiger partial charge in [0, 0.05) is 25.2 Å². The molecule has 0 spiro atoms. The summed E-state index contributed by atoms with van der Waals surface area (Å²) in [7, 11) is 4.15. The van der Waals surface area contributed by atoms with E-state index in [1.54, 1.807) is 0 Å². The third kappa shape index (κ3) is 1.42. The van der Waals surface area contributed by atoms with E-state index < -0.39 is 0 Å². The minimum absolute atomic E-state index is 0.549. The van der Waals surface area contributed by atoms with Crippen LogP contribution >= 0.6 is 0 Å². The summed E-state index contributed by atoms with van der Waals surface area (Å²) in [6.07, 6.45) is 11.1. The quantitative estimate of drug-likeness (QED) is 0.679. The Balaban J connectivity index is 2.16. The molecule has 0 fully saturated rings. The molecular weight excluding hydrogens is 160 g/mol. The van der Waals surface area contributed by atoms with Crippen molar-refractivity contribution in [3.63, 3.8) is 0 Å². The van der Waals surface area contributed by atoms with Gasteiger partial charge in [0.05, 0.1) is 6.04 Å². The zero-order valence-electron chi connectivity index (χ0n) is 8.20. The third-order valence-corrected chi connectivity index (χ3v) is 2.79. The van der Waals surface area contributed by atoms with Crippen molar-refractivity contribution in [2.75, 3.05) is 20.6 Å². The van der Waals surface area contributed by atoms with Gasteiger partial charge in [0.15, 0.2) is 0 Å². The Kier molecular flexibility index (Phi) is 2.23. The Hall–Kier alpha value is -1.02. The molecule has 0 saturated carbocycles. The van der Waals surface area contributed by atoms with Gasteiger partial charge in [0.2, 0.25) is 0 Å². The molecule has 0 aromatic heterocycles. The summed E-state index contributed by atoms with van der Waals surface area (Å²) in [6.45, 7) is 0.963. The van der Waals surface area contributed by atoms with E-state index in [1.165, 1.54) is 5.70 Å². The van der Waals surface area contributed by atoms with Crippen molar-refractivity contribution in [3.8, 4) is 0 Å². The lowest BCUT2D eigenvalue weighted by Crippen LogP contribution is -2.31. The number of likely N-dealkylation sites (N-methyl/N-ethyl adjacent to an activating group) is 2. The normalized spacial score (nSPS) is 30.6. The molecule has 1 aliphatic carbocycles. The van der Waals surface area contributed by atoms with Gasteiger partial charge in [-0.3, -0.25) is 0 Å². The first-order chi connectivity index (χ1) is 6.33. The summed E-state index contributed by atoms with van der Waals surface area (Å²) in [5.41, 5.74) is 1.40. The highest BCUT2D eigenvalue weighted by molar-refractivity contribution is 5.29. The molecule has 1 aliphatic heterocycles. The van der Waals surface area contributed by atoms with Crippen molar-refractivity contribution in [2.24, 2.45) is 5.92 Å². The Labute approximate surface area is 79.6 Å². The molecule has 2 aliphatic rings. The molecule has 0 amide bonds. The van der Waals surface area contributed by atoms with Gasteiger partial charge < -0.3 is 10.2 Å². The van der Waals surface area contributed by atoms with Crippen molar-refractivity contribution in [1.82, 2.24) is 10.2 Å². The summed E-state index contributed by atoms with van der Waals surface area (Å²) in [6, 6.07) is 0.549. The second kappa shape index (κ2) is 3.38. The zero-order chi connectivity index (χ0) is 9.26.